The third-order valence-corrected chi connectivity index (χ3v) is 2.12. The van der Waals surface area contributed by atoms with Crippen molar-refractivity contribution in [2.24, 2.45) is 0 Å². The van der Waals surface area contributed by atoms with Gasteiger partial charge in [0, 0.05) is 6.42 Å². The molecule has 6 heteroatoms. The van der Waals surface area contributed by atoms with Crippen LogP contribution in [-0.4, -0.2) is 30.7 Å². The Bertz CT molecular complexity index is 290. The molecule has 1 heterocycles. The van der Waals surface area contributed by atoms with Gasteiger partial charge in [-0.15, -0.1) is 11.6 Å². The summed E-state index contributed by atoms with van der Waals surface area (Å²) in [6, 6.07) is 0. The number of allylic oxidation sites excluding steroid dienone is 1. The number of amides is 1. The van der Waals surface area contributed by atoms with Crippen molar-refractivity contribution in [3.63, 3.8) is 0 Å². The van der Waals surface area contributed by atoms with Crippen molar-refractivity contribution in [2.75, 3.05) is 12.5 Å². The maximum Gasteiger partial charge on any atom is 0.411 e. The molecule has 1 N–H and O–H groups in total. The smallest absolute Gasteiger partial charge is 0.411 e. The van der Waals surface area contributed by atoms with E-state index in [-0.39, 0.29) is 12.5 Å². The van der Waals surface area contributed by atoms with Gasteiger partial charge in [-0.1, -0.05) is 6.08 Å². The average Bonchev–Trinajstić information content (AvgIpc) is 2.40. The molecule has 1 amide bonds. The number of hydrogen-bond donors (Lipinski definition) is 1. The highest BCUT2D eigenvalue weighted by atomic mass is 35.5. The summed E-state index contributed by atoms with van der Waals surface area (Å²) in [6.07, 6.45) is 1.07. The molecule has 0 bridgehead atoms. The zero-order chi connectivity index (χ0) is 11.3. The fourth-order valence-corrected chi connectivity index (χ4v) is 1.28. The van der Waals surface area contributed by atoms with Crippen molar-refractivity contribution in [1.82, 2.24) is 5.32 Å². The summed E-state index contributed by atoms with van der Waals surface area (Å²) in [5.41, 5.74) is 0.524. The van der Waals surface area contributed by atoms with Crippen LogP contribution in [0.5, 0.6) is 0 Å². The number of esters is 1. The topological polar surface area (TPSA) is 64.6 Å². The van der Waals surface area contributed by atoms with Gasteiger partial charge in [0.1, 0.15) is 12.0 Å². The van der Waals surface area contributed by atoms with Crippen molar-refractivity contribution in [2.45, 2.75) is 19.4 Å². The normalized spacial score (nSPS) is 24.0. The Labute approximate surface area is 92.4 Å². The Hall–Kier alpha value is -1.23. The van der Waals surface area contributed by atoms with Crippen LogP contribution in [0.1, 0.15) is 13.3 Å². The number of alkyl halides is 1. The zero-order valence-electron chi connectivity index (χ0n) is 8.29. The highest BCUT2D eigenvalue weighted by Crippen LogP contribution is 2.13. The van der Waals surface area contributed by atoms with E-state index in [1.165, 1.54) is 0 Å². The first kappa shape index (κ1) is 11.8. The molecule has 1 atom stereocenters. The molecule has 1 aliphatic rings. The number of nitrogens with one attached hydrogen (secondary N) is 1. The van der Waals surface area contributed by atoms with Gasteiger partial charge in [0.05, 0.1) is 12.3 Å². The number of cyclic esters (lactones) is 1. The van der Waals surface area contributed by atoms with Crippen LogP contribution < -0.4 is 5.32 Å². The molecule has 1 aliphatic heterocycles. The molecule has 0 spiro atoms. The second-order valence-electron chi connectivity index (χ2n) is 2.91. The number of rotatable bonds is 2. The molecule has 1 saturated heterocycles. The number of carbonyl (C=O) groups is 2. The zero-order valence-corrected chi connectivity index (χ0v) is 9.04. The molecule has 5 nitrogen and oxygen atoms in total. The summed E-state index contributed by atoms with van der Waals surface area (Å²) in [4.78, 5) is 22.0. The maximum atomic E-state index is 11.0. The lowest BCUT2D eigenvalue weighted by atomic mass is 10.2. The molecule has 0 aliphatic carbocycles. The first-order valence-corrected chi connectivity index (χ1v) is 5.06. The Morgan fingerprint density at radius 3 is 3.13 bits per heavy atom. The minimum absolute atomic E-state index is 0.206. The third-order valence-electron chi connectivity index (χ3n) is 1.90. The van der Waals surface area contributed by atoms with E-state index in [1.54, 1.807) is 13.0 Å². The van der Waals surface area contributed by atoms with Crippen LogP contribution in [0.2, 0.25) is 0 Å². The van der Waals surface area contributed by atoms with Gasteiger partial charge in [-0.3, -0.25) is 10.1 Å². The number of ether oxygens (including phenoxy) is 2. The van der Waals surface area contributed by atoms with Crippen LogP contribution in [0, 0.1) is 0 Å². The third kappa shape index (κ3) is 3.43. The Morgan fingerprint density at radius 2 is 2.53 bits per heavy atom. The molecule has 0 aromatic carbocycles. The Balaban J connectivity index is 2.67. The number of halogens is 1. The van der Waals surface area contributed by atoms with E-state index in [1.807, 2.05) is 0 Å². The lowest BCUT2D eigenvalue weighted by molar-refractivity contribution is -0.144. The predicted molar refractivity (Wildman–Crippen MR) is 53.5 cm³/mol. The number of alkyl carbamates (subject to hydrolysis) is 1. The minimum atomic E-state index is -0.535. The molecule has 1 rings (SSSR count). The molecule has 1 fully saturated rings. The summed E-state index contributed by atoms with van der Waals surface area (Å²) >= 11 is 5.32. The van der Waals surface area contributed by atoms with Gasteiger partial charge in [0.15, 0.2) is 0 Å². The summed E-state index contributed by atoms with van der Waals surface area (Å²) in [5, 5.41) is 2.49. The quantitative estimate of drug-likeness (QED) is 0.574. The second kappa shape index (κ2) is 5.60. The summed E-state index contributed by atoms with van der Waals surface area (Å²) in [5.74, 6) is -0.723. The van der Waals surface area contributed by atoms with Gasteiger partial charge in [0.2, 0.25) is 0 Å². The van der Waals surface area contributed by atoms with E-state index in [4.69, 9.17) is 21.1 Å². The maximum absolute atomic E-state index is 11.0. The van der Waals surface area contributed by atoms with Gasteiger partial charge in [-0.05, 0) is 6.92 Å². The molecule has 1 unspecified atom stereocenters. The van der Waals surface area contributed by atoms with Gasteiger partial charge in [-0.2, -0.15) is 0 Å². The predicted octanol–water partition coefficient (Wildman–Crippen LogP) is 1.17. The van der Waals surface area contributed by atoms with E-state index in [0.717, 1.165) is 0 Å². The highest BCUT2D eigenvalue weighted by molar-refractivity contribution is 6.26. The van der Waals surface area contributed by atoms with Gasteiger partial charge in [-0.25, -0.2) is 4.79 Å². The van der Waals surface area contributed by atoms with Crippen LogP contribution >= 0.6 is 11.6 Å². The summed E-state index contributed by atoms with van der Waals surface area (Å²) in [7, 11) is 0. The Kier molecular flexibility index (Phi) is 4.42. The minimum Gasteiger partial charge on any atom is -0.455 e. The molecule has 84 valence electrons. The van der Waals surface area contributed by atoms with Crippen LogP contribution in [-0.2, 0) is 14.3 Å². The fraction of sp³-hybridized carbons (Fsp3) is 0.556. The first-order chi connectivity index (χ1) is 7.17. The molecule has 0 radical (unpaired) electrons. The molecule has 0 saturated carbocycles. The summed E-state index contributed by atoms with van der Waals surface area (Å²) < 4.78 is 9.80. The molecular weight excluding hydrogens is 222 g/mol. The largest absolute Gasteiger partial charge is 0.455 e. The lowest BCUT2D eigenvalue weighted by Gasteiger charge is -2.16. The fourth-order valence-electron chi connectivity index (χ4n) is 1.22. The van der Waals surface area contributed by atoms with E-state index < -0.39 is 18.2 Å². The first-order valence-electron chi connectivity index (χ1n) is 4.52. The van der Waals surface area contributed by atoms with E-state index >= 15 is 0 Å². The lowest BCUT2D eigenvalue weighted by Crippen LogP contribution is -2.29. The van der Waals surface area contributed by atoms with Crippen molar-refractivity contribution < 1.29 is 19.1 Å². The van der Waals surface area contributed by atoms with Crippen molar-refractivity contribution >= 4 is 23.7 Å². The standard InChI is InChI=1S/C9H12ClNO4/c1-2-6-7(15-8(12)5-10)3-4-14-9(13)11-6/h2,7H,3-5H2,1H3,(H,11,13)/b6-2+. The van der Waals surface area contributed by atoms with Crippen molar-refractivity contribution in [1.29, 1.82) is 0 Å². The van der Waals surface area contributed by atoms with Crippen LogP contribution in [0.15, 0.2) is 11.8 Å². The van der Waals surface area contributed by atoms with E-state index in [2.05, 4.69) is 5.32 Å². The van der Waals surface area contributed by atoms with Crippen LogP contribution in [0.4, 0.5) is 4.79 Å². The highest BCUT2D eigenvalue weighted by Gasteiger charge is 2.24. The molecule has 15 heavy (non-hydrogen) atoms. The van der Waals surface area contributed by atoms with E-state index in [0.29, 0.717) is 12.1 Å². The Morgan fingerprint density at radius 1 is 1.80 bits per heavy atom. The van der Waals surface area contributed by atoms with Crippen molar-refractivity contribution in [3.8, 4) is 0 Å². The van der Waals surface area contributed by atoms with Gasteiger partial charge in [0.25, 0.3) is 0 Å². The van der Waals surface area contributed by atoms with E-state index in [9.17, 15) is 9.59 Å². The number of hydrogen-bond acceptors (Lipinski definition) is 4. The molecule has 0 aromatic heterocycles. The monoisotopic (exact) mass is 233 g/mol. The average molecular weight is 234 g/mol. The van der Waals surface area contributed by atoms with Gasteiger partial charge < -0.3 is 9.47 Å². The van der Waals surface area contributed by atoms with Crippen LogP contribution in [0.25, 0.3) is 0 Å². The number of carbonyl (C=O) groups excluding carboxylic acids is 2. The molecular formula is C9H12ClNO4. The second-order valence-corrected chi connectivity index (χ2v) is 3.17. The summed E-state index contributed by atoms with van der Waals surface area (Å²) in [6.45, 7) is 1.95. The SMILES string of the molecule is C/C=C1/NC(=O)OCCC1OC(=O)CCl. The van der Waals surface area contributed by atoms with Crippen molar-refractivity contribution in [3.05, 3.63) is 11.8 Å². The molecule has 0 aromatic rings. The van der Waals surface area contributed by atoms with Gasteiger partial charge >= 0.3 is 12.1 Å². The van der Waals surface area contributed by atoms with Crippen LogP contribution in [0.3, 0.4) is 0 Å².